The van der Waals surface area contributed by atoms with Crippen LogP contribution in [-0.4, -0.2) is 22.0 Å². The van der Waals surface area contributed by atoms with E-state index in [1.54, 1.807) is 0 Å². The Morgan fingerprint density at radius 1 is 1.21 bits per heavy atom. The summed E-state index contributed by atoms with van der Waals surface area (Å²) in [5, 5.41) is 2.67. The van der Waals surface area contributed by atoms with Gasteiger partial charge >= 0.3 is 0 Å². The molecule has 0 aliphatic rings. The highest BCUT2D eigenvalue weighted by molar-refractivity contribution is 7.81. The molecule has 0 unspecified atom stereocenters. The van der Waals surface area contributed by atoms with Crippen LogP contribution in [0.2, 0.25) is 0 Å². The van der Waals surface area contributed by atoms with Gasteiger partial charge in [0, 0.05) is 17.2 Å². The van der Waals surface area contributed by atoms with Crippen molar-refractivity contribution in [1.82, 2.24) is 5.32 Å². The van der Waals surface area contributed by atoms with E-state index in [1.807, 2.05) is 27.7 Å². The molecule has 0 aromatic heterocycles. The van der Waals surface area contributed by atoms with Gasteiger partial charge in [-0.15, -0.1) is 0 Å². The minimum atomic E-state index is -0.535. The Kier molecular flexibility index (Phi) is 4.18. The maximum atomic E-state index is 11.2. The van der Waals surface area contributed by atoms with Crippen LogP contribution >= 0.6 is 12.6 Å². The zero-order valence-corrected chi connectivity index (χ0v) is 10.4. The summed E-state index contributed by atoms with van der Waals surface area (Å²) in [7, 11) is 0. The molecule has 0 saturated heterocycles. The second kappa shape index (κ2) is 4.34. The first kappa shape index (κ1) is 13.5. The fourth-order valence-electron chi connectivity index (χ4n) is 1.52. The molecule has 82 valence electrons. The lowest BCUT2D eigenvalue weighted by atomic mass is 9.92. The van der Waals surface area contributed by atoms with Crippen LogP contribution < -0.4 is 5.32 Å². The molecule has 14 heavy (non-hydrogen) atoms. The van der Waals surface area contributed by atoms with Gasteiger partial charge in [0.2, 0.25) is 5.78 Å². The SMILES string of the molecule is CC(=O)C(=O)NC(C)(C)CC(C)(C)S. The quantitative estimate of drug-likeness (QED) is 0.554. The Labute approximate surface area is 91.1 Å². The minimum Gasteiger partial charge on any atom is -0.345 e. The fraction of sp³-hybridized carbons (Fsp3) is 0.800. The normalized spacial score (nSPS) is 12.4. The molecule has 3 nitrogen and oxygen atoms in total. The maximum absolute atomic E-state index is 11.2. The lowest BCUT2D eigenvalue weighted by Crippen LogP contribution is -2.48. The second-order valence-corrected chi connectivity index (χ2v) is 6.09. The number of thiol groups is 1. The molecule has 4 heteroatoms. The third-order valence-corrected chi connectivity index (χ3v) is 1.80. The lowest BCUT2D eigenvalue weighted by molar-refractivity contribution is -0.137. The van der Waals surface area contributed by atoms with Crippen molar-refractivity contribution in [3.05, 3.63) is 0 Å². The predicted molar refractivity (Wildman–Crippen MR) is 60.6 cm³/mol. The third-order valence-electron chi connectivity index (χ3n) is 1.65. The molecule has 1 N–H and O–H groups in total. The van der Waals surface area contributed by atoms with E-state index >= 15 is 0 Å². The van der Waals surface area contributed by atoms with E-state index in [0.29, 0.717) is 6.42 Å². The molecule has 0 fully saturated rings. The van der Waals surface area contributed by atoms with Gasteiger partial charge in [-0.05, 0) is 20.3 Å². The zero-order valence-electron chi connectivity index (χ0n) is 9.47. The number of hydrogen-bond acceptors (Lipinski definition) is 3. The molecule has 0 aromatic carbocycles. The highest BCUT2D eigenvalue weighted by Crippen LogP contribution is 2.25. The summed E-state index contributed by atoms with van der Waals surface area (Å²) in [5.74, 6) is -0.998. The average Bonchev–Trinajstić information content (AvgIpc) is 1.78. The van der Waals surface area contributed by atoms with Crippen LogP contribution in [0.4, 0.5) is 0 Å². The molecule has 0 rings (SSSR count). The largest absolute Gasteiger partial charge is 0.345 e. The maximum Gasteiger partial charge on any atom is 0.287 e. The van der Waals surface area contributed by atoms with Crippen molar-refractivity contribution in [3.63, 3.8) is 0 Å². The smallest absolute Gasteiger partial charge is 0.287 e. The van der Waals surface area contributed by atoms with Gasteiger partial charge in [-0.1, -0.05) is 13.8 Å². The van der Waals surface area contributed by atoms with Crippen molar-refractivity contribution in [2.45, 2.75) is 51.3 Å². The van der Waals surface area contributed by atoms with E-state index in [1.165, 1.54) is 6.92 Å². The van der Waals surface area contributed by atoms with Crippen molar-refractivity contribution in [3.8, 4) is 0 Å². The molecule has 0 heterocycles. The van der Waals surface area contributed by atoms with Gasteiger partial charge in [0.15, 0.2) is 0 Å². The van der Waals surface area contributed by atoms with E-state index in [0.717, 1.165) is 0 Å². The second-order valence-electron chi connectivity index (χ2n) is 4.88. The zero-order chi connectivity index (χ0) is 11.6. The topological polar surface area (TPSA) is 46.2 Å². The van der Waals surface area contributed by atoms with Crippen molar-refractivity contribution < 1.29 is 9.59 Å². The fourth-order valence-corrected chi connectivity index (χ4v) is 1.92. The van der Waals surface area contributed by atoms with Gasteiger partial charge in [-0.3, -0.25) is 9.59 Å². The van der Waals surface area contributed by atoms with E-state index < -0.39 is 17.2 Å². The van der Waals surface area contributed by atoms with E-state index in [-0.39, 0.29) is 4.75 Å². The van der Waals surface area contributed by atoms with Crippen LogP contribution in [0.25, 0.3) is 0 Å². The number of nitrogens with one attached hydrogen (secondary N) is 1. The average molecular weight is 217 g/mol. The highest BCUT2D eigenvalue weighted by Gasteiger charge is 2.28. The summed E-state index contributed by atoms with van der Waals surface area (Å²) in [6, 6.07) is 0. The molecule has 1 amide bonds. The summed E-state index contributed by atoms with van der Waals surface area (Å²) in [6.07, 6.45) is 0.697. The first-order valence-electron chi connectivity index (χ1n) is 4.59. The van der Waals surface area contributed by atoms with Gasteiger partial charge in [-0.2, -0.15) is 12.6 Å². The monoisotopic (exact) mass is 217 g/mol. The minimum absolute atomic E-state index is 0.173. The first-order chi connectivity index (χ1) is 6.03. The summed E-state index contributed by atoms with van der Waals surface area (Å²) < 4.78 is -0.173. The molecular weight excluding hydrogens is 198 g/mol. The van der Waals surface area contributed by atoms with Crippen LogP contribution in [0.3, 0.4) is 0 Å². The number of hydrogen-bond donors (Lipinski definition) is 2. The number of Topliss-reactive ketones (excluding diaryl/α,β-unsaturated/α-hetero) is 1. The van der Waals surface area contributed by atoms with Gasteiger partial charge in [0.1, 0.15) is 0 Å². The molecule has 0 aliphatic carbocycles. The highest BCUT2D eigenvalue weighted by atomic mass is 32.1. The van der Waals surface area contributed by atoms with Gasteiger partial charge in [0.25, 0.3) is 5.91 Å². The summed E-state index contributed by atoms with van der Waals surface area (Å²) in [5.41, 5.74) is -0.409. The Balaban J connectivity index is 4.35. The summed E-state index contributed by atoms with van der Waals surface area (Å²) >= 11 is 4.39. The van der Waals surface area contributed by atoms with Crippen molar-refractivity contribution in [2.24, 2.45) is 0 Å². The molecule has 0 aromatic rings. The number of carbonyl (C=O) groups excluding carboxylic acids is 2. The molecule has 0 bridgehead atoms. The molecular formula is C10H19NO2S. The van der Waals surface area contributed by atoms with Crippen molar-refractivity contribution in [1.29, 1.82) is 0 Å². The van der Waals surface area contributed by atoms with Gasteiger partial charge in [-0.25, -0.2) is 0 Å². The standard InChI is InChI=1S/C10H19NO2S/c1-7(12)8(13)11-9(2,3)6-10(4,5)14/h14H,6H2,1-5H3,(H,11,13). The molecule has 0 aliphatic heterocycles. The Bertz CT molecular complexity index is 241. The van der Waals surface area contributed by atoms with Crippen LogP contribution in [0.15, 0.2) is 0 Å². The molecule has 0 atom stereocenters. The Morgan fingerprint density at radius 3 is 1.93 bits per heavy atom. The molecule has 0 saturated carbocycles. The van der Waals surface area contributed by atoms with Crippen LogP contribution in [0.5, 0.6) is 0 Å². The van der Waals surface area contributed by atoms with Gasteiger partial charge in [0.05, 0.1) is 0 Å². The molecule has 0 radical (unpaired) electrons. The lowest BCUT2D eigenvalue weighted by Gasteiger charge is -2.32. The first-order valence-corrected chi connectivity index (χ1v) is 5.04. The summed E-state index contributed by atoms with van der Waals surface area (Å²) in [6.45, 7) is 8.96. The van der Waals surface area contributed by atoms with Crippen LogP contribution in [0.1, 0.15) is 41.0 Å². The molecule has 0 spiro atoms. The summed E-state index contributed by atoms with van der Waals surface area (Å²) in [4.78, 5) is 21.9. The van der Waals surface area contributed by atoms with Crippen molar-refractivity contribution in [2.75, 3.05) is 0 Å². The van der Waals surface area contributed by atoms with E-state index in [2.05, 4.69) is 17.9 Å². The Hall–Kier alpha value is -0.510. The van der Waals surface area contributed by atoms with Crippen LogP contribution in [-0.2, 0) is 9.59 Å². The van der Waals surface area contributed by atoms with Crippen LogP contribution in [0, 0.1) is 0 Å². The number of rotatable bonds is 4. The van der Waals surface area contributed by atoms with E-state index in [9.17, 15) is 9.59 Å². The third kappa shape index (κ3) is 6.02. The predicted octanol–water partition coefficient (Wildman–Crippen LogP) is 1.57. The number of amides is 1. The van der Waals surface area contributed by atoms with Gasteiger partial charge < -0.3 is 5.32 Å². The number of carbonyl (C=O) groups is 2. The van der Waals surface area contributed by atoms with E-state index in [4.69, 9.17) is 0 Å². The number of ketones is 1. The Morgan fingerprint density at radius 2 is 1.64 bits per heavy atom. The van der Waals surface area contributed by atoms with Crippen molar-refractivity contribution >= 4 is 24.3 Å².